The van der Waals surface area contributed by atoms with E-state index in [1.807, 2.05) is 37.3 Å². The van der Waals surface area contributed by atoms with Crippen LogP contribution in [-0.4, -0.2) is 26.8 Å². The Labute approximate surface area is 148 Å². The fourth-order valence-electron chi connectivity index (χ4n) is 3.09. The van der Waals surface area contributed by atoms with Crippen LogP contribution in [0, 0.1) is 0 Å². The van der Waals surface area contributed by atoms with Gasteiger partial charge in [0.05, 0.1) is 12.6 Å². The van der Waals surface area contributed by atoms with Crippen molar-refractivity contribution in [3.63, 3.8) is 0 Å². The number of nitrogens with one attached hydrogen (secondary N) is 1. The Balaban J connectivity index is 1.56. The molecule has 0 bridgehead atoms. The number of hydrogen-bond acceptors (Lipinski definition) is 4. The van der Waals surface area contributed by atoms with E-state index in [0.29, 0.717) is 6.61 Å². The Kier molecular flexibility index (Phi) is 5.81. The summed E-state index contributed by atoms with van der Waals surface area (Å²) in [7, 11) is 0. The number of hydrogen-bond donors (Lipinski definition) is 1. The zero-order valence-corrected chi connectivity index (χ0v) is 14.9. The first-order valence-electron chi connectivity index (χ1n) is 9.03. The Morgan fingerprint density at radius 2 is 2.00 bits per heavy atom. The predicted molar refractivity (Wildman–Crippen MR) is 94.8 cm³/mol. The van der Waals surface area contributed by atoms with Crippen molar-refractivity contribution in [3.05, 3.63) is 47.5 Å². The van der Waals surface area contributed by atoms with E-state index in [1.165, 1.54) is 6.42 Å². The second-order valence-corrected chi connectivity index (χ2v) is 6.61. The molecule has 134 valence electrons. The molecule has 0 spiro atoms. The molecule has 1 aromatic carbocycles. The number of benzene rings is 1. The summed E-state index contributed by atoms with van der Waals surface area (Å²) in [4.78, 5) is 12.4. The molecule has 0 saturated heterocycles. The Morgan fingerprint density at radius 1 is 1.20 bits per heavy atom. The summed E-state index contributed by atoms with van der Waals surface area (Å²) in [5.74, 6) is 1.73. The molecular weight excluding hydrogens is 316 g/mol. The standard InChI is InChI=1S/C19H26N4O2/c1-14(18-22-21-17-11-7-4-8-12-23(17)18)20-19(24)15(2)25-13-16-9-5-3-6-10-16/h3,5-6,9-10,14-15H,4,7-8,11-13H2,1-2H3,(H,20,24)/t14-,15+/m1/s1. The molecule has 0 saturated carbocycles. The molecule has 0 radical (unpaired) electrons. The summed E-state index contributed by atoms with van der Waals surface area (Å²) in [6, 6.07) is 9.67. The van der Waals surface area contributed by atoms with Gasteiger partial charge in [-0.15, -0.1) is 10.2 Å². The van der Waals surface area contributed by atoms with Gasteiger partial charge in [0.25, 0.3) is 0 Å². The summed E-state index contributed by atoms with van der Waals surface area (Å²) in [5, 5.41) is 11.6. The lowest BCUT2D eigenvalue weighted by atomic mass is 10.2. The molecule has 1 aromatic heterocycles. The van der Waals surface area contributed by atoms with E-state index in [0.717, 1.165) is 43.0 Å². The van der Waals surface area contributed by atoms with E-state index in [2.05, 4.69) is 20.1 Å². The smallest absolute Gasteiger partial charge is 0.249 e. The van der Waals surface area contributed by atoms with E-state index < -0.39 is 6.10 Å². The van der Waals surface area contributed by atoms with Gasteiger partial charge in [0.15, 0.2) is 5.82 Å². The number of rotatable bonds is 6. The number of amides is 1. The highest BCUT2D eigenvalue weighted by atomic mass is 16.5. The number of fused-ring (bicyclic) bond motifs is 1. The number of aromatic nitrogens is 3. The van der Waals surface area contributed by atoms with Gasteiger partial charge in [-0.05, 0) is 32.3 Å². The first kappa shape index (κ1) is 17.6. The van der Waals surface area contributed by atoms with Gasteiger partial charge in [0, 0.05) is 13.0 Å². The first-order valence-corrected chi connectivity index (χ1v) is 9.03. The third-order valence-corrected chi connectivity index (χ3v) is 4.60. The molecular formula is C19H26N4O2. The number of ether oxygens (including phenoxy) is 1. The van der Waals surface area contributed by atoms with Crippen molar-refractivity contribution in [1.29, 1.82) is 0 Å². The molecule has 2 atom stereocenters. The average molecular weight is 342 g/mol. The van der Waals surface area contributed by atoms with Gasteiger partial charge in [0.1, 0.15) is 11.9 Å². The van der Waals surface area contributed by atoms with Crippen LogP contribution in [0.1, 0.15) is 56.4 Å². The van der Waals surface area contributed by atoms with Gasteiger partial charge >= 0.3 is 0 Å². The molecule has 1 aliphatic heterocycles. The van der Waals surface area contributed by atoms with E-state index in [4.69, 9.17) is 4.74 Å². The van der Waals surface area contributed by atoms with Crippen LogP contribution in [0.4, 0.5) is 0 Å². The van der Waals surface area contributed by atoms with E-state index in [9.17, 15) is 4.79 Å². The first-order chi connectivity index (χ1) is 12.1. The molecule has 6 nitrogen and oxygen atoms in total. The van der Waals surface area contributed by atoms with Gasteiger partial charge in [-0.2, -0.15) is 0 Å². The fourth-order valence-corrected chi connectivity index (χ4v) is 3.09. The lowest BCUT2D eigenvalue weighted by molar-refractivity contribution is -0.133. The molecule has 1 aliphatic rings. The lowest BCUT2D eigenvalue weighted by Gasteiger charge is -2.18. The maximum atomic E-state index is 12.4. The second-order valence-electron chi connectivity index (χ2n) is 6.61. The molecule has 0 aliphatic carbocycles. The predicted octanol–water partition coefficient (Wildman–Crippen LogP) is 2.79. The Hall–Kier alpha value is -2.21. The van der Waals surface area contributed by atoms with Crippen LogP contribution < -0.4 is 5.32 Å². The zero-order chi connectivity index (χ0) is 17.6. The van der Waals surface area contributed by atoms with Crippen molar-refractivity contribution in [2.45, 2.75) is 64.8 Å². The van der Waals surface area contributed by atoms with Gasteiger partial charge in [-0.3, -0.25) is 4.79 Å². The Bertz CT molecular complexity index is 699. The van der Waals surface area contributed by atoms with Crippen LogP contribution in [0.15, 0.2) is 30.3 Å². The highest BCUT2D eigenvalue weighted by molar-refractivity contribution is 5.80. The molecule has 2 heterocycles. The number of carbonyl (C=O) groups is 1. The molecule has 0 fully saturated rings. The SMILES string of the molecule is C[C@H](OCc1ccccc1)C(=O)N[C@H](C)c1nnc2n1CCCCC2. The van der Waals surface area contributed by atoms with Crippen molar-refractivity contribution in [2.75, 3.05) is 0 Å². The summed E-state index contributed by atoms with van der Waals surface area (Å²) in [5.41, 5.74) is 1.05. The summed E-state index contributed by atoms with van der Waals surface area (Å²) >= 11 is 0. The lowest BCUT2D eigenvalue weighted by Crippen LogP contribution is -2.37. The summed E-state index contributed by atoms with van der Waals surface area (Å²) in [6.45, 7) is 5.07. The largest absolute Gasteiger partial charge is 0.364 e. The minimum absolute atomic E-state index is 0.130. The third kappa shape index (κ3) is 4.45. The van der Waals surface area contributed by atoms with E-state index in [1.54, 1.807) is 6.92 Å². The number of aryl methyl sites for hydroxylation is 1. The molecule has 1 N–H and O–H groups in total. The molecule has 6 heteroatoms. The second kappa shape index (κ2) is 8.25. The van der Waals surface area contributed by atoms with Gasteiger partial charge in [-0.25, -0.2) is 0 Å². The number of nitrogens with zero attached hydrogens (tertiary/aromatic N) is 3. The van der Waals surface area contributed by atoms with Crippen molar-refractivity contribution >= 4 is 5.91 Å². The minimum atomic E-state index is -0.519. The monoisotopic (exact) mass is 342 g/mol. The van der Waals surface area contributed by atoms with Crippen LogP contribution in [-0.2, 0) is 29.1 Å². The van der Waals surface area contributed by atoms with Crippen molar-refractivity contribution in [2.24, 2.45) is 0 Å². The van der Waals surface area contributed by atoms with Crippen LogP contribution in [0.5, 0.6) is 0 Å². The molecule has 3 rings (SSSR count). The van der Waals surface area contributed by atoms with Crippen LogP contribution in [0.2, 0.25) is 0 Å². The van der Waals surface area contributed by atoms with Crippen LogP contribution in [0.25, 0.3) is 0 Å². The summed E-state index contributed by atoms with van der Waals surface area (Å²) < 4.78 is 7.85. The summed E-state index contributed by atoms with van der Waals surface area (Å²) in [6.07, 6.45) is 3.95. The van der Waals surface area contributed by atoms with Gasteiger partial charge in [-0.1, -0.05) is 36.8 Å². The molecule has 0 unspecified atom stereocenters. The quantitative estimate of drug-likeness (QED) is 0.876. The number of carbonyl (C=O) groups excluding carboxylic acids is 1. The maximum absolute atomic E-state index is 12.4. The normalized spacial score (nSPS) is 16.6. The zero-order valence-electron chi connectivity index (χ0n) is 14.9. The maximum Gasteiger partial charge on any atom is 0.249 e. The molecule has 25 heavy (non-hydrogen) atoms. The average Bonchev–Trinajstić information content (AvgIpc) is 2.89. The highest BCUT2D eigenvalue weighted by Crippen LogP contribution is 2.18. The Morgan fingerprint density at radius 3 is 2.80 bits per heavy atom. The highest BCUT2D eigenvalue weighted by Gasteiger charge is 2.22. The minimum Gasteiger partial charge on any atom is -0.364 e. The van der Waals surface area contributed by atoms with Crippen molar-refractivity contribution in [1.82, 2.24) is 20.1 Å². The van der Waals surface area contributed by atoms with Crippen molar-refractivity contribution in [3.8, 4) is 0 Å². The van der Waals surface area contributed by atoms with Gasteiger partial charge in [0.2, 0.25) is 5.91 Å². The molecule has 2 aromatic rings. The van der Waals surface area contributed by atoms with E-state index in [-0.39, 0.29) is 11.9 Å². The molecule has 1 amide bonds. The topological polar surface area (TPSA) is 69.0 Å². The third-order valence-electron chi connectivity index (χ3n) is 4.60. The van der Waals surface area contributed by atoms with Gasteiger partial charge < -0.3 is 14.6 Å². The van der Waals surface area contributed by atoms with Crippen LogP contribution in [0.3, 0.4) is 0 Å². The van der Waals surface area contributed by atoms with Crippen molar-refractivity contribution < 1.29 is 9.53 Å². The fraction of sp³-hybridized carbons (Fsp3) is 0.526. The van der Waals surface area contributed by atoms with Crippen LogP contribution >= 0.6 is 0 Å². The van der Waals surface area contributed by atoms with E-state index >= 15 is 0 Å².